The molecule has 0 unspecified atom stereocenters. The number of piperidine rings is 1. The number of rotatable bonds is 5. The number of pyridine rings is 1. The van der Waals surface area contributed by atoms with E-state index in [1.54, 1.807) is 11.3 Å². The fraction of sp³-hybridized carbons (Fsp3) is 0.452. The predicted molar refractivity (Wildman–Crippen MR) is 159 cm³/mol. The molecule has 3 aliphatic rings. The van der Waals surface area contributed by atoms with Gasteiger partial charge in [0.15, 0.2) is 0 Å². The molecule has 2 fully saturated rings. The molecule has 0 saturated carbocycles. The Labute approximate surface area is 239 Å². The summed E-state index contributed by atoms with van der Waals surface area (Å²) in [4.78, 5) is 36.3. The Balaban J connectivity index is 1.36. The van der Waals surface area contributed by atoms with E-state index in [2.05, 4.69) is 35.4 Å². The lowest BCUT2D eigenvalue weighted by Crippen LogP contribution is -2.48. The molecule has 3 aromatic rings. The van der Waals surface area contributed by atoms with Crippen LogP contribution in [0.5, 0.6) is 0 Å². The highest BCUT2D eigenvalue weighted by Gasteiger charge is 2.36. The third kappa shape index (κ3) is 5.25. The maximum atomic E-state index is 13.3. The van der Waals surface area contributed by atoms with Crippen LogP contribution in [0.4, 0.5) is 5.00 Å². The summed E-state index contributed by atoms with van der Waals surface area (Å²) in [5.74, 6) is 0.0681. The van der Waals surface area contributed by atoms with Crippen LogP contribution >= 0.6 is 11.3 Å². The summed E-state index contributed by atoms with van der Waals surface area (Å²) in [7, 11) is 1.98. The molecule has 0 aliphatic carbocycles. The van der Waals surface area contributed by atoms with Gasteiger partial charge >= 0.3 is 0 Å². The molecular formula is C31H37N5O3S. The number of morpholine rings is 1. The van der Waals surface area contributed by atoms with Crippen LogP contribution in [0.2, 0.25) is 0 Å². The van der Waals surface area contributed by atoms with Crippen LogP contribution in [-0.4, -0.2) is 79.7 Å². The summed E-state index contributed by atoms with van der Waals surface area (Å²) in [6, 6.07) is 12.4. The number of nitrogens with zero attached hydrogens (tertiary/aromatic N) is 3. The Hall–Kier alpha value is -3.27. The van der Waals surface area contributed by atoms with Gasteiger partial charge in [-0.3, -0.25) is 14.6 Å². The van der Waals surface area contributed by atoms with Gasteiger partial charge in [0.1, 0.15) is 5.00 Å². The summed E-state index contributed by atoms with van der Waals surface area (Å²) in [6.45, 7) is 8.62. The Morgan fingerprint density at radius 1 is 1.10 bits per heavy atom. The first kappa shape index (κ1) is 26.9. The van der Waals surface area contributed by atoms with E-state index in [1.165, 1.54) is 0 Å². The Morgan fingerprint density at radius 2 is 1.88 bits per heavy atom. The van der Waals surface area contributed by atoms with Crippen molar-refractivity contribution in [3.05, 3.63) is 58.6 Å². The highest BCUT2D eigenvalue weighted by atomic mass is 32.1. The SMILES string of the molecule is CNC1CCN(C(=O)c2cccc(-c3cc(-c4c(N5CCOCC5)sc5c4CC(C)(C)NC5=O)ccn3)c2)CC1. The van der Waals surface area contributed by atoms with Gasteiger partial charge < -0.3 is 25.2 Å². The van der Waals surface area contributed by atoms with Crippen molar-refractivity contribution >= 4 is 28.2 Å². The summed E-state index contributed by atoms with van der Waals surface area (Å²) in [5.41, 5.74) is 5.35. The number of amides is 2. The van der Waals surface area contributed by atoms with Crippen LogP contribution in [0, 0.1) is 0 Å². The number of hydrogen-bond acceptors (Lipinski definition) is 7. The summed E-state index contributed by atoms with van der Waals surface area (Å²) < 4.78 is 5.62. The van der Waals surface area contributed by atoms with Crippen LogP contribution in [0.3, 0.4) is 0 Å². The molecule has 0 radical (unpaired) electrons. The van der Waals surface area contributed by atoms with Gasteiger partial charge in [-0.05, 0) is 75.5 Å². The van der Waals surface area contributed by atoms with Crippen molar-refractivity contribution < 1.29 is 14.3 Å². The molecule has 3 aliphatic heterocycles. The van der Waals surface area contributed by atoms with E-state index in [4.69, 9.17) is 9.72 Å². The normalized spacial score (nSPS) is 19.3. The number of nitrogens with one attached hydrogen (secondary N) is 2. The van der Waals surface area contributed by atoms with E-state index in [1.807, 2.05) is 48.5 Å². The minimum atomic E-state index is -0.325. The molecule has 40 heavy (non-hydrogen) atoms. The average molecular weight is 560 g/mol. The zero-order chi connectivity index (χ0) is 27.9. The summed E-state index contributed by atoms with van der Waals surface area (Å²) in [5, 5.41) is 7.61. The zero-order valence-electron chi connectivity index (χ0n) is 23.5. The van der Waals surface area contributed by atoms with Crippen LogP contribution < -0.4 is 15.5 Å². The van der Waals surface area contributed by atoms with Gasteiger partial charge in [-0.15, -0.1) is 11.3 Å². The fourth-order valence-corrected chi connectivity index (χ4v) is 7.34. The third-order valence-corrected chi connectivity index (χ3v) is 9.50. The van der Waals surface area contributed by atoms with Gasteiger partial charge in [-0.1, -0.05) is 12.1 Å². The largest absolute Gasteiger partial charge is 0.378 e. The first-order chi connectivity index (χ1) is 19.3. The van der Waals surface area contributed by atoms with Gasteiger partial charge in [-0.25, -0.2) is 0 Å². The zero-order valence-corrected chi connectivity index (χ0v) is 24.3. The van der Waals surface area contributed by atoms with Gasteiger partial charge in [0.05, 0.1) is 23.8 Å². The smallest absolute Gasteiger partial charge is 0.262 e. The molecule has 5 heterocycles. The van der Waals surface area contributed by atoms with E-state index in [9.17, 15) is 9.59 Å². The van der Waals surface area contributed by atoms with Crippen molar-refractivity contribution in [2.75, 3.05) is 51.3 Å². The number of hydrogen-bond donors (Lipinski definition) is 2. The molecule has 2 saturated heterocycles. The van der Waals surface area contributed by atoms with E-state index in [0.717, 1.165) is 83.3 Å². The number of fused-ring (bicyclic) bond motifs is 1. The third-order valence-electron chi connectivity index (χ3n) is 8.21. The minimum absolute atomic E-state index is 0.00347. The first-order valence-corrected chi connectivity index (χ1v) is 15.0. The number of benzene rings is 1. The monoisotopic (exact) mass is 559 g/mol. The molecule has 210 valence electrons. The Morgan fingerprint density at radius 3 is 2.62 bits per heavy atom. The van der Waals surface area contributed by atoms with Crippen molar-refractivity contribution in [3.63, 3.8) is 0 Å². The maximum absolute atomic E-state index is 13.3. The van der Waals surface area contributed by atoms with Gasteiger partial charge in [0.25, 0.3) is 11.8 Å². The van der Waals surface area contributed by atoms with Crippen LogP contribution in [-0.2, 0) is 11.2 Å². The molecule has 0 spiro atoms. The fourth-order valence-electron chi connectivity index (χ4n) is 6.05. The van der Waals surface area contributed by atoms with Crippen molar-refractivity contribution in [1.29, 1.82) is 0 Å². The highest BCUT2D eigenvalue weighted by molar-refractivity contribution is 7.19. The second-order valence-electron chi connectivity index (χ2n) is 11.6. The summed E-state index contributed by atoms with van der Waals surface area (Å²) >= 11 is 1.58. The van der Waals surface area contributed by atoms with Gasteiger partial charge in [0, 0.05) is 60.6 Å². The Bertz CT molecular complexity index is 1420. The van der Waals surface area contributed by atoms with E-state index in [-0.39, 0.29) is 17.4 Å². The van der Waals surface area contributed by atoms with E-state index < -0.39 is 0 Å². The number of thiophene rings is 1. The lowest BCUT2D eigenvalue weighted by Gasteiger charge is -2.32. The molecule has 2 N–H and O–H groups in total. The lowest BCUT2D eigenvalue weighted by atomic mass is 9.87. The number of carbonyl (C=O) groups is 2. The van der Waals surface area contributed by atoms with Gasteiger partial charge in [0.2, 0.25) is 0 Å². The van der Waals surface area contributed by atoms with Crippen LogP contribution in [0.15, 0.2) is 42.6 Å². The standard InChI is InChI=1S/C31H37N5O3S/c1-31(2)19-24-26(30(36-13-15-39-16-14-36)40-27(24)28(37)34-31)21-7-10-33-25(18-21)20-5-4-6-22(17-20)29(38)35-11-8-23(32-3)9-12-35/h4-7,10,17-18,23,32H,8-9,11-16,19H2,1-3H3,(H,34,37). The number of likely N-dealkylation sites (tertiary alicyclic amines) is 1. The minimum Gasteiger partial charge on any atom is -0.378 e. The Kier molecular flexibility index (Phi) is 7.37. The van der Waals surface area contributed by atoms with E-state index >= 15 is 0 Å². The lowest BCUT2D eigenvalue weighted by molar-refractivity contribution is 0.0707. The number of anilines is 1. The number of carbonyl (C=O) groups excluding carboxylic acids is 2. The molecule has 2 aromatic heterocycles. The van der Waals surface area contributed by atoms with E-state index in [0.29, 0.717) is 24.8 Å². The molecule has 9 heteroatoms. The van der Waals surface area contributed by atoms with Crippen molar-refractivity contribution in [3.8, 4) is 22.4 Å². The molecule has 2 amide bonds. The molecule has 8 nitrogen and oxygen atoms in total. The van der Waals surface area contributed by atoms with Crippen molar-refractivity contribution in [2.24, 2.45) is 0 Å². The topological polar surface area (TPSA) is 86.8 Å². The maximum Gasteiger partial charge on any atom is 0.262 e. The molecular weight excluding hydrogens is 522 g/mol. The summed E-state index contributed by atoms with van der Waals surface area (Å²) in [6.07, 6.45) is 4.53. The predicted octanol–water partition coefficient (Wildman–Crippen LogP) is 4.20. The highest BCUT2D eigenvalue weighted by Crippen LogP contribution is 2.46. The molecule has 0 bridgehead atoms. The number of aromatic nitrogens is 1. The van der Waals surface area contributed by atoms with Crippen LogP contribution in [0.1, 0.15) is 52.3 Å². The van der Waals surface area contributed by atoms with Crippen LogP contribution in [0.25, 0.3) is 22.4 Å². The molecule has 1 aromatic carbocycles. The molecule has 6 rings (SSSR count). The first-order valence-electron chi connectivity index (χ1n) is 14.2. The van der Waals surface area contributed by atoms with Crippen molar-refractivity contribution in [1.82, 2.24) is 20.5 Å². The second-order valence-corrected chi connectivity index (χ2v) is 12.6. The molecule has 0 atom stereocenters. The second kappa shape index (κ2) is 11.0. The van der Waals surface area contributed by atoms with Gasteiger partial charge in [-0.2, -0.15) is 0 Å². The quantitative estimate of drug-likeness (QED) is 0.487. The van der Waals surface area contributed by atoms with Crippen molar-refractivity contribution in [2.45, 2.75) is 44.7 Å². The number of ether oxygens (including phenoxy) is 1. The average Bonchev–Trinajstić information content (AvgIpc) is 3.36.